The van der Waals surface area contributed by atoms with Crippen molar-refractivity contribution in [3.8, 4) is 22.4 Å². The monoisotopic (exact) mass is 520 g/mol. The Morgan fingerprint density at radius 3 is 1.71 bits per heavy atom. The molecule has 3 rings (SSSR count). The van der Waals surface area contributed by atoms with E-state index in [2.05, 4.69) is 38.4 Å². The minimum Gasteiger partial charge on any atom is -0.741 e. The quantitative estimate of drug-likeness (QED) is 0.290. The molecule has 0 saturated heterocycles. The summed E-state index contributed by atoms with van der Waals surface area (Å²) in [6.45, 7) is 1.86. The Morgan fingerprint density at radius 2 is 1.32 bits per heavy atom. The fourth-order valence-electron chi connectivity index (χ4n) is 2.84. The molecule has 0 N–H and O–H groups in total. The van der Waals surface area contributed by atoms with Crippen LogP contribution in [0.3, 0.4) is 0 Å². The summed E-state index contributed by atoms with van der Waals surface area (Å²) >= 11 is 0. The maximum absolute atomic E-state index is 11.7. The van der Waals surface area contributed by atoms with E-state index in [1.807, 2.05) is 19.1 Å². The number of benzene rings is 2. The SMILES string of the molecule is Cc1onc(-c2ccc([N+](C)(C)C)cc2)c1-c1ccc(S(C)(=O)=O)cc1.O=S(=O)([O-])C(F)(F)F. The number of aromatic nitrogens is 1. The second-order valence-electron chi connectivity index (χ2n) is 8.22. The molecule has 0 radical (unpaired) electrons. The average molecular weight is 521 g/mol. The van der Waals surface area contributed by atoms with Gasteiger partial charge in [0, 0.05) is 11.8 Å². The number of quaternary nitrogens is 1. The van der Waals surface area contributed by atoms with Gasteiger partial charge in [0.25, 0.3) is 0 Å². The summed E-state index contributed by atoms with van der Waals surface area (Å²) in [7, 11) is -2.97. The van der Waals surface area contributed by atoms with Gasteiger partial charge in [-0.3, -0.25) is 4.48 Å². The van der Waals surface area contributed by atoms with Crippen LogP contribution in [-0.4, -0.2) is 59.5 Å². The first-order valence-electron chi connectivity index (χ1n) is 9.54. The highest BCUT2D eigenvalue weighted by Gasteiger charge is 2.36. The maximum atomic E-state index is 11.7. The highest BCUT2D eigenvalue weighted by Crippen LogP contribution is 2.35. The lowest BCUT2D eigenvalue weighted by atomic mass is 9.99. The van der Waals surface area contributed by atoms with Crippen molar-refractivity contribution < 1.29 is 39.1 Å². The van der Waals surface area contributed by atoms with E-state index >= 15 is 0 Å². The molecule has 0 aliphatic rings. The van der Waals surface area contributed by atoms with Crippen LogP contribution in [0.5, 0.6) is 0 Å². The van der Waals surface area contributed by atoms with E-state index in [0.29, 0.717) is 10.7 Å². The molecule has 0 saturated carbocycles. The first-order valence-corrected chi connectivity index (χ1v) is 12.8. The minimum absolute atomic E-state index is 0.296. The fourth-order valence-corrected chi connectivity index (χ4v) is 3.47. The van der Waals surface area contributed by atoms with E-state index in [-0.39, 0.29) is 0 Å². The van der Waals surface area contributed by atoms with Gasteiger partial charge in [-0.2, -0.15) is 13.2 Å². The molecule has 186 valence electrons. The van der Waals surface area contributed by atoms with Crippen molar-refractivity contribution in [3.63, 3.8) is 0 Å². The van der Waals surface area contributed by atoms with Gasteiger partial charge in [-0.05, 0) is 48.9 Å². The number of halogens is 3. The van der Waals surface area contributed by atoms with Gasteiger partial charge in [-0.15, -0.1) is 0 Å². The summed E-state index contributed by atoms with van der Waals surface area (Å²) in [5, 5.41) is 4.23. The number of hydrogen-bond acceptors (Lipinski definition) is 7. The summed E-state index contributed by atoms with van der Waals surface area (Å²) in [6.07, 6.45) is 1.20. The lowest BCUT2D eigenvalue weighted by molar-refractivity contribution is -0.0517. The van der Waals surface area contributed by atoms with Crippen LogP contribution < -0.4 is 4.48 Å². The third kappa shape index (κ3) is 6.65. The van der Waals surface area contributed by atoms with Gasteiger partial charge in [-0.1, -0.05) is 17.3 Å². The highest BCUT2D eigenvalue weighted by molar-refractivity contribution is 7.90. The molecule has 8 nitrogen and oxygen atoms in total. The van der Waals surface area contributed by atoms with Crippen molar-refractivity contribution in [2.24, 2.45) is 0 Å². The van der Waals surface area contributed by atoms with Crippen LogP contribution in [-0.2, 0) is 20.0 Å². The molecule has 0 atom stereocenters. The first kappa shape index (κ1) is 27.5. The Bertz CT molecular complexity index is 1360. The van der Waals surface area contributed by atoms with Crippen LogP contribution in [0.1, 0.15) is 5.76 Å². The van der Waals surface area contributed by atoms with Crippen LogP contribution in [0.4, 0.5) is 18.9 Å². The Balaban J connectivity index is 0.000000440. The van der Waals surface area contributed by atoms with Gasteiger partial charge in [0.1, 0.15) is 17.1 Å². The zero-order valence-corrected chi connectivity index (χ0v) is 20.5. The molecule has 0 unspecified atom stereocenters. The van der Waals surface area contributed by atoms with Crippen molar-refractivity contribution >= 4 is 25.6 Å². The smallest absolute Gasteiger partial charge is 0.485 e. The Hall–Kier alpha value is -2.74. The number of alkyl halides is 3. The molecule has 2 aromatic carbocycles. The van der Waals surface area contributed by atoms with Crippen LogP contribution in [0.15, 0.2) is 57.9 Å². The van der Waals surface area contributed by atoms with Crippen molar-refractivity contribution in [3.05, 3.63) is 54.3 Å². The molecule has 34 heavy (non-hydrogen) atoms. The predicted octanol–water partition coefficient (Wildman–Crippen LogP) is 3.97. The van der Waals surface area contributed by atoms with Gasteiger partial charge < -0.3 is 9.08 Å². The zero-order chi connectivity index (χ0) is 26.1. The maximum Gasteiger partial charge on any atom is 0.485 e. The predicted molar refractivity (Wildman–Crippen MR) is 121 cm³/mol. The molecular formula is C21H23F3N2O6S2. The number of nitrogens with zero attached hydrogens (tertiary/aromatic N) is 2. The van der Waals surface area contributed by atoms with E-state index in [9.17, 15) is 21.6 Å². The van der Waals surface area contributed by atoms with E-state index < -0.39 is 25.5 Å². The number of rotatable bonds is 4. The average Bonchev–Trinajstić information content (AvgIpc) is 3.07. The largest absolute Gasteiger partial charge is 0.741 e. The Kier molecular flexibility index (Phi) is 7.67. The molecule has 0 bridgehead atoms. The molecule has 1 aromatic heterocycles. The van der Waals surface area contributed by atoms with Crippen LogP contribution >= 0.6 is 0 Å². The van der Waals surface area contributed by atoms with Gasteiger partial charge in [0.2, 0.25) is 0 Å². The molecule has 0 fully saturated rings. The molecule has 1 heterocycles. The van der Waals surface area contributed by atoms with Crippen molar-refractivity contribution in [2.45, 2.75) is 17.3 Å². The lowest BCUT2D eigenvalue weighted by Crippen LogP contribution is -2.34. The molecule has 3 aromatic rings. The minimum atomic E-state index is -6.09. The second-order valence-corrected chi connectivity index (χ2v) is 11.6. The number of hydrogen-bond donors (Lipinski definition) is 0. The topological polar surface area (TPSA) is 117 Å². The molecule has 13 heteroatoms. The highest BCUT2D eigenvalue weighted by atomic mass is 32.2. The van der Waals surface area contributed by atoms with E-state index in [4.69, 9.17) is 17.5 Å². The summed E-state index contributed by atoms with van der Waals surface area (Å²) in [5.41, 5.74) is -0.991. The molecule has 0 spiro atoms. The van der Waals surface area contributed by atoms with E-state index in [0.717, 1.165) is 26.9 Å². The zero-order valence-electron chi connectivity index (χ0n) is 18.9. The molecule has 0 amide bonds. The third-order valence-electron chi connectivity index (χ3n) is 4.63. The van der Waals surface area contributed by atoms with Gasteiger partial charge in [-0.25, -0.2) is 16.8 Å². The van der Waals surface area contributed by atoms with Crippen molar-refractivity contribution in [1.29, 1.82) is 0 Å². The molecule has 0 aliphatic carbocycles. The standard InChI is InChI=1S/C20H23N2O3S.CHF3O3S/c1-14-19(15-8-12-18(13-9-15)26(5,23)24)20(21-25-14)16-6-10-17(11-7-16)22(2,3)4;2-1(3,4)8(5,6)7/h6-13H,1-5H3;(H,5,6,7)/q+1;/p-1. The Morgan fingerprint density at radius 1 is 0.882 bits per heavy atom. The Labute approximate surface area is 195 Å². The van der Waals surface area contributed by atoms with Gasteiger partial charge in [0.05, 0.1) is 31.6 Å². The van der Waals surface area contributed by atoms with Crippen LogP contribution in [0.25, 0.3) is 22.4 Å². The van der Waals surface area contributed by atoms with E-state index in [1.165, 1.54) is 11.9 Å². The first-order chi connectivity index (χ1) is 15.3. The van der Waals surface area contributed by atoms with Gasteiger partial charge >= 0.3 is 5.51 Å². The van der Waals surface area contributed by atoms with Gasteiger partial charge in [0.15, 0.2) is 20.0 Å². The van der Waals surface area contributed by atoms with Crippen LogP contribution in [0, 0.1) is 6.92 Å². The summed E-state index contributed by atoms with van der Waals surface area (Å²) < 4.78 is 88.4. The third-order valence-corrected chi connectivity index (χ3v) is 6.33. The van der Waals surface area contributed by atoms with Crippen molar-refractivity contribution in [1.82, 2.24) is 9.64 Å². The van der Waals surface area contributed by atoms with Crippen molar-refractivity contribution in [2.75, 3.05) is 27.4 Å². The fraction of sp³-hybridized carbons (Fsp3) is 0.286. The van der Waals surface area contributed by atoms with E-state index in [1.54, 1.807) is 24.3 Å². The summed E-state index contributed by atoms with van der Waals surface area (Å²) in [4.78, 5) is 0.296. The summed E-state index contributed by atoms with van der Waals surface area (Å²) in [5.74, 6) is 0.697. The number of sulfone groups is 1. The lowest BCUT2D eigenvalue weighted by Gasteiger charge is -2.23. The summed E-state index contributed by atoms with van der Waals surface area (Å²) in [6, 6.07) is 15.0. The van der Waals surface area contributed by atoms with Crippen LogP contribution in [0.2, 0.25) is 0 Å². The molecular weight excluding hydrogens is 497 g/mol. The second kappa shape index (κ2) is 9.49. The molecule has 0 aliphatic heterocycles. The number of aryl methyl sites for hydroxylation is 1. The normalized spacial score (nSPS) is 12.7.